The molecule has 0 aliphatic heterocycles. The van der Waals surface area contributed by atoms with Gasteiger partial charge in [-0.25, -0.2) is 0 Å². The molecule has 0 bridgehead atoms. The average molecular weight is 355 g/mol. The first-order chi connectivity index (χ1) is 11.8. The quantitative estimate of drug-likeness (QED) is 0.758. The summed E-state index contributed by atoms with van der Waals surface area (Å²) in [7, 11) is 0. The number of aryl methyl sites for hydroxylation is 2. The van der Waals surface area contributed by atoms with E-state index >= 15 is 0 Å². The maximum atomic E-state index is 12.3. The number of hydrogen-bond acceptors (Lipinski definition) is 5. The van der Waals surface area contributed by atoms with Crippen LogP contribution >= 0.6 is 22.7 Å². The number of fused-ring (bicyclic) bond motifs is 1. The van der Waals surface area contributed by atoms with E-state index in [2.05, 4.69) is 33.7 Å². The van der Waals surface area contributed by atoms with Crippen LogP contribution < -0.4 is 5.32 Å². The number of hydrogen-bond donors (Lipinski definition) is 1. The molecule has 1 aliphatic rings. The average Bonchev–Trinajstić information content (AvgIpc) is 3.26. The highest BCUT2D eigenvalue weighted by molar-refractivity contribution is 7.19. The lowest BCUT2D eigenvalue weighted by atomic mass is 9.90. The third-order valence-corrected chi connectivity index (χ3v) is 5.79. The molecule has 1 aromatic carbocycles. The predicted molar refractivity (Wildman–Crippen MR) is 98.6 cm³/mol. The van der Waals surface area contributed by atoms with Gasteiger partial charge < -0.3 is 5.32 Å². The molecule has 0 radical (unpaired) electrons. The van der Waals surface area contributed by atoms with Crippen LogP contribution in [-0.2, 0) is 24.1 Å². The molecule has 0 atom stereocenters. The number of aromatic nitrogens is 2. The maximum absolute atomic E-state index is 12.3. The van der Waals surface area contributed by atoms with Gasteiger partial charge in [-0.15, -0.1) is 10.2 Å². The predicted octanol–water partition coefficient (Wildman–Crippen LogP) is 4.33. The molecule has 122 valence electrons. The number of carbonyl (C=O) groups is 1. The summed E-state index contributed by atoms with van der Waals surface area (Å²) in [4.78, 5) is 12.3. The van der Waals surface area contributed by atoms with Gasteiger partial charge in [-0.1, -0.05) is 29.5 Å². The number of amides is 1. The molecule has 0 fully saturated rings. The fourth-order valence-corrected chi connectivity index (χ4v) is 4.49. The van der Waals surface area contributed by atoms with Gasteiger partial charge in [0.2, 0.25) is 11.0 Å². The summed E-state index contributed by atoms with van der Waals surface area (Å²) in [5.74, 6) is -0.0428. The van der Waals surface area contributed by atoms with Crippen molar-refractivity contribution in [1.82, 2.24) is 10.2 Å². The minimum atomic E-state index is -0.0428. The van der Waals surface area contributed by atoms with E-state index in [-0.39, 0.29) is 5.91 Å². The van der Waals surface area contributed by atoms with E-state index in [9.17, 15) is 4.79 Å². The first-order valence-electron chi connectivity index (χ1n) is 8.04. The third kappa shape index (κ3) is 3.39. The summed E-state index contributed by atoms with van der Waals surface area (Å²) in [6.07, 6.45) is 5.19. The summed E-state index contributed by atoms with van der Waals surface area (Å²) in [5.41, 5.74) is 4.96. The second kappa shape index (κ2) is 6.83. The molecule has 3 aromatic rings. The summed E-state index contributed by atoms with van der Waals surface area (Å²) in [6, 6.07) is 8.44. The Morgan fingerprint density at radius 1 is 1.12 bits per heavy atom. The van der Waals surface area contributed by atoms with E-state index in [1.165, 1.54) is 35.3 Å². The van der Waals surface area contributed by atoms with E-state index < -0.39 is 0 Å². The molecular weight excluding hydrogens is 338 g/mol. The number of thiophene rings is 1. The molecule has 0 saturated heterocycles. The van der Waals surface area contributed by atoms with E-state index in [0.29, 0.717) is 11.6 Å². The smallest absolute Gasteiger partial charge is 0.230 e. The van der Waals surface area contributed by atoms with Crippen LogP contribution in [0.2, 0.25) is 0 Å². The molecular formula is C18H17N3OS2. The number of carbonyl (C=O) groups excluding carboxylic acids is 1. The highest BCUT2D eigenvalue weighted by Gasteiger charge is 2.13. The van der Waals surface area contributed by atoms with Crippen molar-refractivity contribution >= 4 is 33.7 Å². The fraction of sp³-hybridized carbons (Fsp3) is 0.278. The first-order valence-corrected chi connectivity index (χ1v) is 9.80. The zero-order valence-electron chi connectivity index (χ0n) is 13.1. The van der Waals surface area contributed by atoms with Crippen molar-refractivity contribution in [2.75, 3.05) is 5.32 Å². The summed E-state index contributed by atoms with van der Waals surface area (Å²) < 4.78 is 0. The summed E-state index contributed by atoms with van der Waals surface area (Å²) in [5, 5.41) is 16.5. The minimum Gasteiger partial charge on any atom is -0.300 e. The van der Waals surface area contributed by atoms with Crippen LogP contribution in [0.3, 0.4) is 0 Å². The second-order valence-corrected chi connectivity index (χ2v) is 7.72. The molecule has 0 spiro atoms. The van der Waals surface area contributed by atoms with Gasteiger partial charge in [-0.3, -0.25) is 4.79 Å². The maximum Gasteiger partial charge on any atom is 0.230 e. The summed E-state index contributed by atoms with van der Waals surface area (Å²) in [6.45, 7) is 0. The SMILES string of the molecule is O=C(Cc1ccc2c(c1)CCCC2)Nc1nnc(-c2ccsc2)s1. The number of rotatable bonds is 4. The molecule has 1 aliphatic carbocycles. The Labute approximate surface area is 148 Å². The number of anilines is 1. The van der Waals surface area contributed by atoms with Crippen LogP contribution in [-0.4, -0.2) is 16.1 Å². The Hall–Kier alpha value is -2.05. The number of benzene rings is 1. The normalized spacial score (nSPS) is 13.5. The van der Waals surface area contributed by atoms with Crippen molar-refractivity contribution in [3.05, 3.63) is 51.7 Å². The molecule has 0 saturated carbocycles. The molecule has 4 rings (SSSR count). The van der Waals surface area contributed by atoms with Crippen molar-refractivity contribution in [3.8, 4) is 10.6 Å². The number of nitrogens with zero attached hydrogens (tertiary/aromatic N) is 2. The lowest BCUT2D eigenvalue weighted by Gasteiger charge is -2.16. The molecule has 24 heavy (non-hydrogen) atoms. The van der Waals surface area contributed by atoms with Gasteiger partial charge in [0.1, 0.15) is 5.01 Å². The topological polar surface area (TPSA) is 54.9 Å². The molecule has 0 unspecified atom stereocenters. The zero-order chi connectivity index (χ0) is 16.4. The highest BCUT2D eigenvalue weighted by Crippen LogP contribution is 2.28. The van der Waals surface area contributed by atoms with Gasteiger partial charge in [0.15, 0.2) is 0 Å². The van der Waals surface area contributed by atoms with Gasteiger partial charge in [-0.05, 0) is 53.8 Å². The van der Waals surface area contributed by atoms with Gasteiger partial charge in [0.25, 0.3) is 0 Å². The molecule has 4 nitrogen and oxygen atoms in total. The van der Waals surface area contributed by atoms with E-state index in [1.807, 2.05) is 16.8 Å². The van der Waals surface area contributed by atoms with Gasteiger partial charge in [0, 0.05) is 10.9 Å². The van der Waals surface area contributed by atoms with E-state index in [0.717, 1.165) is 29.0 Å². The van der Waals surface area contributed by atoms with E-state index in [1.54, 1.807) is 11.3 Å². The Morgan fingerprint density at radius 2 is 2.00 bits per heavy atom. The minimum absolute atomic E-state index is 0.0428. The largest absolute Gasteiger partial charge is 0.300 e. The number of nitrogens with one attached hydrogen (secondary N) is 1. The lowest BCUT2D eigenvalue weighted by Crippen LogP contribution is -2.15. The van der Waals surface area contributed by atoms with Crippen molar-refractivity contribution in [2.24, 2.45) is 0 Å². The lowest BCUT2D eigenvalue weighted by molar-refractivity contribution is -0.115. The monoisotopic (exact) mass is 355 g/mol. The van der Waals surface area contributed by atoms with Gasteiger partial charge in [-0.2, -0.15) is 11.3 Å². The Bertz CT molecular complexity index is 855. The molecule has 2 aromatic heterocycles. The third-order valence-electron chi connectivity index (χ3n) is 4.22. The standard InChI is InChI=1S/C18H17N3OS2/c22-16(10-12-5-6-13-3-1-2-4-14(13)9-12)19-18-21-20-17(24-18)15-7-8-23-11-15/h5-9,11H,1-4,10H2,(H,19,21,22). The summed E-state index contributed by atoms with van der Waals surface area (Å²) >= 11 is 3.03. The Balaban J connectivity index is 1.42. The Kier molecular flexibility index (Phi) is 4.40. The highest BCUT2D eigenvalue weighted by atomic mass is 32.1. The van der Waals surface area contributed by atoms with Crippen molar-refractivity contribution < 1.29 is 4.79 Å². The second-order valence-electron chi connectivity index (χ2n) is 5.96. The zero-order valence-corrected chi connectivity index (χ0v) is 14.8. The van der Waals surface area contributed by atoms with Crippen molar-refractivity contribution in [1.29, 1.82) is 0 Å². The molecule has 2 heterocycles. The van der Waals surface area contributed by atoms with Crippen molar-refractivity contribution in [2.45, 2.75) is 32.1 Å². The Morgan fingerprint density at radius 3 is 2.83 bits per heavy atom. The van der Waals surface area contributed by atoms with Crippen LogP contribution in [0.1, 0.15) is 29.5 Å². The fourth-order valence-electron chi connectivity index (χ4n) is 3.02. The van der Waals surface area contributed by atoms with Crippen LogP contribution in [0, 0.1) is 0 Å². The molecule has 6 heteroatoms. The van der Waals surface area contributed by atoms with Crippen LogP contribution in [0.4, 0.5) is 5.13 Å². The molecule has 1 N–H and O–H groups in total. The van der Waals surface area contributed by atoms with Gasteiger partial charge >= 0.3 is 0 Å². The first kappa shape index (κ1) is 15.5. The van der Waals surface area contributed by atoms with Crippen LogP contribution in [0.25, 0.3) is 10.6 Å². The van der Waals surface area contributed by atoms with Crippen molar-refractivity contribution in [3.63, 3.8) is 0 Å². The van der Waals surface area contributed by atoms with Crippen LogP contribution in [0.15, 0.2) is 35.0 Å². The van der Waals surface area contributed by atoms with E-state index in [4.69, 9.17) is 0 Å². The van der Waals surface area contributed by atoms with Crippen LogP contribution in [0.5, 0.6) is 0 Å². The van der Waals surface area contributed by atoms with Gasteiger partial charge in [0.05, 0.1) is 6.42 Å². The molecule has 1 amide bonds.